The quantitative estimate of drug-likeness (QED) is 0.718. The zero-order valence-corrected chi connectivity index (χ0v) is 17.8. The van der Waals surface area contributed by atoms with Gasteiger partial charge < -0.3 is 4.90 Å². The number of nitrogens with zero attached hydrogens (tertiary/aromatic N) is 2. The van der Waals surface area contributed by atoms with E-state index in [0.29, 0.717) is 36.6 Å². The Morgan fingerprint density at radius 2 is 1.76 bits per heavy atom. The molecule has 1 atom stereocenters. The Kier molecular flexibility index (Phi) is 5.95. The van der Waals surface area contributed by atoms with Crippen molar-refractivity contribution >= 4 is 27.5 Å². The molecule has 2 saturated heterocycles. The van der Waals surface area contributed by atoms with Crippen LogP contribution in [0.1, 0.15) is 41.6 Å². The van der Waals surface area contributed by atoms with E-state index in [1.54, 1.807) is 18.2 Å². The number of halogens is 1. The monoisotopic (exact) mass is 432 g/mol. The lowest BCUT2D eigenvalue weighted by Crippen LogP contribution is -2.37. The summed E-state index contributed by atoms with van der Waals surface area (Å²) in [6.45, 7) is 1.77. The molecule has 0 bridgehead atoms. The molecule has 2 aromatic rings. The second-order valence-electron chi connectivity index (χ2n) is 7.73. The van der Waals surface area contributed by atoms with Crippen LogP contribution in [0.5, 0.6) is 0 Å². The highest BCUT2D eigenvalue weighted by Gasteiger charge is 2.32. The van der Waals surface area contributed by atoms with E-state index < -0.39 is 10.0 Å². The average molecular weight is 433 g/mol. The van der Waals surface area contributed by atoms with E-state index in [1.165, 1.54) is 10.4 Å². The standard InChI is InChI=1S/C22H25ClN2O3S/c23-21-11-2-1-7-17(21)15-19-9-6-14-25(19)22(26)18-8-5-10-20(16-18)29(27,28)24-12-3-4-13-24/h1-2,5,7-8,10-11,16,19H,3-4,6,9,12-15H2. The number of carbonyl (C=O) groups is 1. The minimum atomic E-state index is -3.54. The molecule has 2 aliphatic rings. The Balaban J connectivity index is 1.55. The number of benzene rings is 2. The molecular weight excluding hydrogens is 408 g/mol. The van der Waals surface area contributed by atoms with Crippen molar-refractivity contribution in [1.29, 1.82) is 0 Å². The zero-order chi connectivity index (χ0) is 20.4. The molecule has 29 heavy (non-hydrogen) atoms. The van der Waals surface area contributed by atoms with E-state index >= 15 is 0 Å². The van der Waals surface area contributed by atoms with E-state index in [9.17, 15) is 13.2 Å². The molecule has 1 amide bonds. The Morgan fingerprint density at radius 3 is 2.52 bits per heavy atom. The molecule has 0 saturated carbocycles. The van der Waals surface area contributed by atoms with Crippen LogP contribution in [-0.2, 0) is 16.4 Å². The van der Waals surface area contributed by atoms with Crippen molar-refractivity contribution in [2.45, 2.75) is 43.0 Å². The van der Waals surface area contributed by atoms with Gasteiger partial charge in [-0.3, -0.25) is 4.79 Å². The zero-order valence-electron chi connectivity index (χ0n) is 16.3. The normalized spacial score (nSPS) is 20.3. The van der Waals surface area contributed by atoms with Crippen LogP contribution in [0.3, 0.4) is 0 Å². The maximum Gasteiger partial charge on any atom is 0.254 e. The number of amides is 1. The number of hydrogen-bond acceptors (Lipinski definition) is 3. The summed E-state index contributed by atoms with van der Waals surface area (Å²) in [5, 5.41) is 0.713. The van der Waals surface area contributed by atoms with Gasteiger partial charge in [-0.2, -0.15) is 4.31 Å². The minimum absolute atomic E-state index is 0.0706. The summed E-state index contributed by atoms with van der Waals surface area (Å²) < 4.78 is 27.2. The number of carbonyl (C=O) groups excluding carboxylic acids is 1. The topological polar surface area (TPSA) is 57.7 Å². The van der Waals surface area contributed by atoms with Gasteiger partial charge in [0.2, 0.25) is 10.0 Å². The lowest BCUT2D eigenvalue weighted by molar-refractivity contribution is 0.0736. The van der Waals surface area contributed by atoms with E-state index in [2.05, 4.69) is 0 Å². The fourth-order valence-electron chi connectivity index (χ4n) is 4.27. The molecule has 2 aliphatic heterocycles. The third-order valence-electron chi connectivity index (χ3n) is 5.84. The van der Waals surface area contributed by atoms with E-state index in [0.717, 1.165) is 31.2 Å². The third kappa shape index (κ3) is 4.20. The van der Waals surface area contributed by atoms with E-state index in [1.807, 2.05) is 29.2 Å². The largest absolute Gasteiger partial charge is 0.335 e. The second kappa shape index (κ2) is 8.46. The second-order valence-corrected chi connectivity index (χ2v) is 10.1. The molecule has 0 aromatic heterocycles. The summed E-state index contributed by atoms with van der Waals surface area (Å²) in [4.78, 5) is 15.3. The number of sulfonamides is 1. The predicted octanol–water partition coefficient (Wildman–Crippen LogP) is 3.97. The molecule has 0 spiro atoms. The molecule has 1 unspecified atom stereocenters. The van der Waals surface area contributed by atoms with E-state index in [-0.39, 0.29) is 16.8 Å². The van der Waals surface area contributed by atoms with Gasteiger partial charge >= 0.3 is 0 Å². The van der Waals surface area contributed by atoms with Crippen LogP contribution in [0, 0.1) is 0 Å². The van der Waals surface area contributed by atoms with Gasteiger partial charge in [-0.05, 0) is 61.9 Å². The first-order valence-electron chi connectivity index (χ1n) is 10.1. The summed E-state index contributed by atoms with van der Waals surface area (Å²) in [5.74, 6) is -0.113. The first-order chi connectivity index (χ1) is 14.0. The molecule has 0 radical (unpaired) electrons. The van der Waals surface area contributed by atoms with Crippen molar-refractivity contribution in [2.24, 2.45) is 0 Å². The molecule has 7 heteroatoms. The van der Waals surface area contributed by atoms with Crippen molar-refractivity contribution in [3.63, 3.8) is 0 Å². The van der Waals surface area contributed by atoms with Gasteiger partial charge in [0.25, 0.3) is 5.91 Å². The van der Waals surface area contributed by atoms with Gasteiger partial charge in [0, 0.05) is 36.3 Å². The lowest BCUT2D eigenvalue weighted by Gasteiger charge is -2.25. The molecule has 154 valence electrons. The van der Waals surface area contributed by atoms with Crippen LogP contribution in [0.15, 0.2) is 53.4 Å². The lowest BCUT2D eigenvalue weighted by atomic mass is 10.0. The molecule has 0 N–H and O–H groups in total. The molecule has 2 fully saturated rings. The minimum Gasteiger partial charge on any atom is -0.335 e. The fourth-order valence-corrected chi connectivity index (χ4v) is 6.04. The van der Waals surface area contributed by atoms with Crippen molar-refractivity contribution in [1.82, 2.24) is 9.21 Å². The fraction of sp³-hybridized carbons (Fsp3) is 0.409. The molecular formula is C22H25ClN2O3S. The molecule has 2 heterocycles. The third-order valence-corrected chi connectivity index (χ3v) is 8.10. The van der Waals surface area contributed by atoms with Crippen molar-refractivity contribution in [3.05, 3.63) is 64.7 Å². The summed E-state index contributed by atoms with van der Waals surface area (Å²) in [7, 11) is -3.54. The first kappa shape index (κ1) is 20.4. The van der Waals surface area contributed by atoms with Crippen molar-refractivity contribution < 1.29 is 13.2 Å². The molecule has 2 aromatic carbocycles. The predicted molar refractivity (Wildman–Crippen MR) is 114 cm³/mol. The van der Waals surface area contributed by atoms with Crippen LogP contribution < -0.4 is 0 Å². The van der Waals surface area contributed by atoms with Gasteiger partial charge in [-0.15, -0.1) is 0 Å². The van der Waals surface area contributed by atoms with Crippen LogP contribution in [0.2, 0.25) is 5.02 Å². The summed E-state index contributed by atoms with van der Waals surface area (Å²) in [6.07, 6.45) is 4.33. The van der Waals surface area contributed by atoms with Gasteiger partial charge in [0.05, 0.1) is 4.90 Å². The SMILES string of the molecule is O=C(c1cccc(S(=O)(=O)N2CCCC2)c1)N1CCCC1Cc1ccccc1Cl. The molecule has 0 aliphatic carbocycles. The van der Waals surface area contributed by atoms with Crippen molar-refractivity contribution in [3.8, 4) is 0 Å². The maximum atomic E-state index is 13.2. The molecule has 4 rings (SSSR count). The summed E-state index contributed by atoms with van der Waals surface area (Å²) in [5.41, 5.74) is 1.46. The Morgan fingerprint density at radius 1 is 1.00 bits per heavy atom. The number of hydrogen-bond donors (Lipinski definition) is 0. The highest BCUT2D eigenvalue weighted by atomic mass is 35.5. The van der Waals surface area contributed by atoms with Crippen molar-refractivity contribution in [2.75, 3.05) is 19.6 Å². The first-order valence-corrected chi connectivity index (χ1v) is 11.9. The Labute approximate surface area is 177 Å². The van der Waals surface area contributed by atoms with Gasteiger partial charge in [-0.1, -0.05) is 35.9 Å². The Bertz CT molecular complexity index is 1000. The van der Waals surface area contributed by atoms with E-state index in [4.69, 9.17) is 11.6 Å². The highest BCUT2D eigenvalue weighted by Crippen LogP contribution is 2.27. The summed E-state index contributed by atoms with van der Waals surface area (Å²) in [6, 6.07) is 14.3. The number of likely N-dealkylation sites (tertiary alicyclic amines) is 1. The summed E-state index contributed by atoms with van der Waals surface area (Å²) >= 11 is 6.31. The maximum absolute atomic E-state index is 13.2. The highest BCUT2D eigenvalue weighted by molar-refractivity contribution is 7.89. The van der Waals surface area contributed by atoms with Gasteiger partial charge in [-0.25, -0.2) is 8.42 Å². The smallest absolute Gasteiger partial charge is 0.254 e. The molecule has 5 nitrogen and oxygen atoms in total. The van der Waals surface area contributed by atoms with Crippen LogP contribution in [-0.4, -0.2) is 49.2 Å². The number of rotatable bonds is 5. The van der Waals surface area contributed by atoms with Crippen LogP contribution in [0.25, 0.3) is 0 Å². The van der Waals surface area contributed by atoms with Crippen LogP contribution >= 0.6 is 11.6 Å². The average Bonchev–Trinajstić information content (AvgIpc) is 3.42. The van der Waals surface area contributed by atoms with Gasteiger partial charge in [0.1, 0.15) is 0 Å². The Hall–Kier alpha value is -1.89. The van der Waals surface area contributed by atoms with Gasteiger partial charge in [0.15, 0.2) is 0 Å². The van der Waals surface area contributed by atoms with Crippen LogP contribution in [0.4, 0.5) is 0 Å².